The molecule has 30 heavy (non-hydrogen) atoms. The van der Waals surface area contributed by atoms with Gasteiger partial charge in [0.25, 0.3) is 0 Å². The van der Waals surface area contributed by atoms with Crippen molar-refractivity contribution in [1.29, 1.82) is 0 Å². The lowest BCUT2D eigenvalue weighted by molar-refractivity contribution is 1.25. The molecule has 0 N–H and O–H groups in total. The minimum atomic E-state index is 0.898. The molecule has 0 spiro atoms. The van der Waals surface area contributed by atoms with Gasteiger partial charge in [-0.05, 0) is 37.1 Å². The summed E-state index contributed by atoms with van der Waals surface area (Å²) in [6.45, 7) is 4.18. The van der Waals surface area contributed by atoms with Gasteiger partial charge in [0.1, 0.15) is 0 Å². The van der Waals surface area contributed by atoms with E-state index in [4.69, 9.17) is 9.97 Å². The highest BCUT2D eigenvalue weighted by Crippen LogP contribution is 2.33. The quantitative estimate of drug-likeness (QED) is 0.348. The van der Waals surface area contributed by atoms with E-state index >= 15 is 0 Å². The van der Waals surface area contributed by atoms with Crippen LogP contribution in [0.1, 0.15) is 11.1 Å². The number of benzene rings is 3. The van der Waals surface area contributed by atoms with Crippen LogP contribution in [0.25, 0.3) is 44.8 Å². The van der Waals surface area contributed by atoms with Crippen molar-refractivity contribution in [1.82, 2.24) is 15.0 Å². The van der Waals surface area contributed by atoms with Crippen molar-refractivity contribution in [3.63, 3.8) is 0 Å². The highest BCUT2D eigenvalue weighted by atomic mass is 14.8. The zero-order valence-corrected chi connectivity index (χ0v) is 17.0. The molecule has 0 radical (unpaired) electrons. The highest BCUT2D eigenvalue weighted by Gasteiger charge is 2.15. The number of rotatable bonds is 3. The van der Waals surface area contributed by atoms with E-state index in [-0.39, 0.29) is 0 Å². The molecule has 0 saturated carbocycles. The van der Waals surface area contributed by atoms with Crippen LogP contribution in [0, 0.1) is 13.8 Å². The number of aryl methyl sites for hydroxylation is 2. The van der Waals surface area contributed by atoms with Gasteiger partial charge in [-0.3, -0.25) is 4.98 Å². The Morgan fingerprint density at radius 3 is 1.60 bits per heavy atom. The normalized spacial score (nSPS) is 11.0. The Balaban J connectivity index is 1.72. The summed E-state index contributed by atoms with van der Waals surface area (Å²) in [7, 11) is 0. The second-order valence-electron chi connectivity index (χ2n) is 7.48. The van der Waals surface area contributed by atoms with Gasteiger partial charge in [-0.25, -0.2) is 9.97 Å². The summed E-state index contributed by atoms with van der Waals surface area (Å²) in [5, 5.41) is 0. The van der Waals surface area contributed by atoms with Crippen molar-refractivity contribution < 1.29 is 0 Å². The van der Waals surface area contributed by atoms with Crippen molar-refractivity contribution in [2.24, 2.45) is 0 Å². The van der Waals surface area contributed by atoms with Gasteiger partial charge in [0, 0.05) is 22.9 Å². The molecular formula is C27H21N3. The number of nitrogens with zero attached hydrogens (tertiary/aromatic N) is 3. The van der Waals surface area contributed by atoms with E-state index in [0.717, 1.165) is 55.9 Å². The fourth-order valence-electron chi connectivity index (χ4n) is 3.72. The number of aromatic nitrogens is 3. The van der Waals surface area contributed by atoms with Crippen molar-refractivity contribution in [2.75, 3.05) is 0 Å². The van der Waals surface area contributed by atoms with Gasteiger partial charge in [-0.15, -0.1) is 0 Å². The first kappa shape index (κ1) is 18.2. The molecule has 3 nitrogen and oxygen atoms in total. The second kappa shape index (κ2) is 7.53. The van der Waals surface area contributed by atoms with Gasteiger partial charge in [-0.1, -0.05) is 72.8 Å². The zero-order valence-electron chi connectivity index (χ0n) is 17.0. The molecule has 0 atom stereocenters. The second-order valence-corrected chi connectivity index (χ2v) is 7.48. The molecule has 0 aliphatic heterocycles. The SMILES string of the molecule is Cc1ccc(C)c2nc(-c3ccc(-c4ccccn4)cc3)c(-c3ccccc3)nc12. The zero-order chi connectivity index (χ0) is 20.5. The summed E-state index contributed by atoms with van der Waals surface area (Å²) in [5.74, 6) is 0. The van der Waals surface area contributed by atoms with E-state index in [1.54, 1.807) is 0 Å². The third kappa shape index (κ3) is 3.25. The molecule has 5 rings (SSSR count). The Labute approximate surface area is 176 Å². The maximum Gasteiger partial charge on any atom is 0.0973 e. The fourth-order valence-corrected chi connectivity index (χ4v) is 3.72. The first-order chi connectivity index (χ1) is 14.7. The van der Waals surface area contributed by atoms with Crippen molar-refractivity contribution in [3.05, 3.63) is 102 Å². The molecule has 2 aromatic heterocycles. The number of hydrogen-bond donors (Lipinski definition) is 0. The van der Waals surface area contributed by atoms with Crippen LogP contribution in [0.4, 0.5) is 0 Å². The molecule has 0 amide bonds. The molecule has 144 valence electrons. The monoisotopic (exact) mass is 387 g/mol. The first-order valence-electron chi connectivity index (χ1n) is 10.1. The van der Waals surface area contributed by atoms with E-state index in [1.165, 1.54) is 0 Å². The molecule has 0 aliphatic rings. The molecule has 3 heteroatoms. The standard InChI is InChI=1S/C27H21N3/c1-18-11-12-19(2)25-24(18)29-26(21-8-4-3-5-9-21)27(30-25)22-15-13-20(14-16-22)23-10-6-7-17-28-23/h3-17H,1-2H3. The Bertz CT molecular complexity index is 1330. The van der Waals surface area contributed by atoms with Gasteiger partial charge >= 0.3 is 0 Å². The summed E-state index contributed by atoms with van der Waals surface area (Å²) in [6.07, 6.45) is 1.82. The van der Waals surface area contributed by atoms with Crippen LogP contribution in [-0.2, 0) is 0 Å². The van der Waals surface area contributed by atoms with E-state index in [0.29, 0.717) is 0 Å². The van der Waals surface area contributed by atoms with Crippen LogP contribution in [0.2, 0.25) is 0 Å². The van der Waals surface area contributed by atoms with Gasteiger partial charge in [-0.2, -0.15) is 0 Å². The predicted molar refractivity (Wildman–Crippen MR) is 123 cm³/mol. The predicted octanol–water partition coefficient (Wildman–Crippen LogP) is 6.64. The van der Waals surface area contributed by atoms with Gasteiger partial charge in [0.2, 0.25) is 0 Å². The maximum atomic E-state index is 5.11. The summed E-state index contributed by atoms with van der Waals surface area (Å²) in [6, 6.07) is 28.9. The van der Waals surface area contributed by atoms with Gasteiger partial charge < -0.3 is 0 Å². The largest absolute Gasteiger partial charge is 0.256 e. The van der Waals surface area contributed by atoms with Crippen molar-refractivity contribution in [2.45, 2.75) is 13.8 Å². The molecule has 2 heterocycles. The van der Waals surface area contributed by atoms with Crippen LogP contribution < -0.4 is 0 Å². The van der Waals surface area contributed by atoms with Crippen LogP contribution in [-0.4, -0.2) is 15.0 Å². The lowest BCUT2D eigenvalue weighted by Gasteiger charge is -2.13. The van der Waals surface area contributed by atoms with Crippen LogP contribution in [0.15, 0.2) is 91.1 Å². The van der Waals surface area contributed by atoms with Crippen LogP contribution >= 0.6 is 0 Å². The Kier molecular flexibility index (Phi) is 4.56. The maximum absolute atomic E-state index is 5.11. The van der Waals surface area contributed by atoms with Crippen molar-refractivity contribution in [3.8, 4) is 33.8 Å². The average molecular weight is 387 g/mol. The third-order valence-electron chi connectivity index (χ3n) is 5.39. The molecule has 0 bridgehead atoms. The lowest BCUT2D eigenvalue weighted by Crippen LogP contribution is -1.98. The van der Waals surface area contributed by atoms with E-state index in [1.807, 2.05) is 42.6 Å². The first-order valence-corrected chi connectivity index (χ1v) is 10.1. The highest BCUT2D eigenvalue weighted by molar-refractivity contribution is 5.89. The summed E-state index contributed by atoms with van der Waals surface area (Å²) >= 11 is 0. The Hall–Kier alpha value is -3.85. The topological polar surface area (TPSA) is 38.7 Å². The fraction of sp³-hybridized carbons (Fsp3) is 0.0741. The van der Waals surface area contributed by atoms with Crippen molar-refractivity contribution >= 4 is 11.0 Å². The summed E-state index contributed by atoms with van der Waals surface area (Å²) < 4.78 is 0. The van der Waals surface area contributed by atoms with E-state index < -0.39 is 0 Å². The smallest absolute Gasteiger partial charge is 0.0973 e. The molecule has 0 aliphatic carbocycles. The molecular weight excluding hydrogens is 366 g/mol. The van der Waals surface area contributed by atoms with Crippen LogP contribution in [0.5, 0.6) is 0 Å². The molecule has 0 fully saturated rings. The minimum Gasteiger partial charge on any atom is -0.256 e. The third-order valence-corrected chi connectivity index (χ3v) is 5.39. The molecule has 0 saturated heterocycles. The number of hydrogen-bond acceptors (Lipinski definition) is 3. The molecule has 5 aromatic rings. The van der Waals surface area contributed by atoms with Gasteiger partial charge in [0.05, 0.1) is 28.1 Å². The molecule has 0 unspecified atom stereocenters. The Morgan fingerprint density at radius 1 is 0.500 bits per heavy atom. The van der Waals surface area contributed by atoms with E-state index in [9.17, 15) is 0 Å². The average Bonchev–Trinajstić information content (AvgIpc) is 2.82. The van der Waals surface area contributed by atoms with E-state index in [2.05, 4.69) is 67.4 Å². The summed E-state index contributed by atoms with van der Waals surface area (Å²) in [4.78, 5) is 14.6. The number of fused-ring (bicyclic) bond motifs is 1. The Morgan fingerprint density at radius 2 is 1.03 bits per heavy atom. The molecule has 3 aromatic carbocycles. The summed E-state index contributed by atoms with van der Waals surface area (Å²) in [5.41, 5.74) is 10.1. The van der Waals surface area contributed by atoms with Gasteiger partial charge in [0.15, 0.2) is 0 Å². The van der Waals surface area contributed by atoms with Crippen LogP contribution in [0.3, 0.4) is 0 Å². The number of pyridine rings is 1. The lowest BCUT2D eigenvalue weighted by atomic mass is 10.0. The minimum absolute atomic E-state index is 0.898.